The molecule has 4 aliphatic rings. The van der Waals surface area contributed by atoms with Gasteiger partial charge >= 0.3 is 0 Å². The smallest absolute Gasteiger partial charge is 0.0620 e. The Hall–Kier alpha value is -1.37. The van der Waals surface area contributed by atoms with Crippen molar-refractivity contribution in [3.8, 4) is 0 Å². The predicted molar refractivity (Wildman–Crippen MR) is 161 cm³/mol. The Labute approximate surface area is 224 Å². The summed E-state index contributed by atoms with van der Waals surface area (Å²) in [6.45, 7) is 18.7. The molecule has 1 nitrogen and oxygen atoms in total. The second-order valence-corrected chi connectivity index (χ2v) is 14.3. The maximum atomic E-state index is 5.48. The fraction of sp³-hybridized carbons (Fsp3) is 0.743. The first kappa shape index (κ1) is 29.2. The van der Waals surface area contributed by atoms with Gasteiger partial charge in [-0.2, -0.15) is 0 Å². The monoisotopic (exact) mass is 491 g/mol. The maximum Gasteiger partial charge on any atom is 0.0620 e. The summed E-state index contributed by atoms with van der Waals surface area (Å²) in [7, 11) is 0. The summed E-state index contributed by atoms with van der Waals surface area (Å²) in [5, 5.41) is 0. The molecule has 4 saturated carbocycles. The van der Waals surface area contributed by atoms with Crippen LogP contribution in [0.15, 0.2) is 51.6 Å². The molecule has 202 valence electrons. The highest BCUT2D eigenvalue weighted by molar-refractivity contribution is 5.82. The summed E-state index contributed by atoms with van der Waals surface area (Å²) in [6.07, 6.45) is 27.5. The van der Waals surface area contributed by atoms with Crippen molar-refractivity contribution in [2.24, 2.45) is 21.7 Å². The summed E-state index contributed by atoms with van der Waals surface area (Å²) >= 11 is 0. The zero-order chi connectivity index (χ0) is 26.4. The van der Waals surface area contributed by atoms with E-state index in [9.17, 15) is 0 Å². The Balaban J connectivity index is 1.37. The van der Waals surface area contributed by atoms with Crippen LogP contribution in [0.5, 0.6) is 0 Å². The molecular formula is C35H57N. The minimum absolute atomic E-state index is 0.271. The third-order valence-corrected chi connectivity index (χ3v) is 9.18. The Morgan fingerprint density at radius 2 is 1.06 bits per heavy atom. The predicted octanol–water partition coefficient (Wildman–Crippen LogP) is 11.1. The van der Waals surface area contributed by atoms with Crippen LogP contribution in [0.25, 0.3) is 0 Å². The number of rotatable bonds is 13. The van der Waals surface area contributed by atoms with Gasteiger partial charge in [0.25, 0.3) is 0 Å². The zero-order valence-corrected chi connectivity index (χ0v) is 25.2. The first-order valence-corrected chi connectivity index (χ1v) is 15.1. The largest absolute Gasteiger partial charge is 0.288 e. The van der Waals surface area contributed by atoms with Crippen LogP contribution < -0.4 is 0 Å². The first-order valence-electron chi connectivity index (χ1n) is 15.1. The molecule has 4 rings (SSSR count). The fourth-order valence-corrected chi connectivity index (χ4v) is 8.49. The Bertz CT molecular complexity index is 885. The second kappa shape index (κ2) is 12.4. The molecule has 4 bridgehead atoms. The molecule has 0 N–H and O–H groups in total. The van der Waals surface area contributed by atoms with E-state index in [1.807, 2.05) is 0 Å². The minimum Gasteiger partial charge on any atom is -0.288 e. The number of hydrogen-bond acceptors (Lipinski definition) is 1. The lowest BCUT2D eigenvalue weighted by atomic mass is 9.43. The SMILES string of the molecule is CC(C)=CCCC(C)=CCCC(C)=CCCC(C)=CCCC(C)=NC12CC3CC(C)(CC(C)(C3)C1)C2. The van der Waals surface area contributed by atoms with Gasteiger partial charge in [-0.25, -0.2) is 0 Å². The van der Waals surface area contributed by atoms with Crippen molar-refractivity contribution in [1.29, 1.82) is 0 Å². The van der Waals surface area contributed by atoms with E-state index in [2.05, 4.69) is 79.7 Å². The van der Waals surface area contributed by atoms with Crippen LogP contribution >= 0.6 is 0 Å². The molecule has 2 unspecified atom stereocenters. The molecule has 0 radical (unpaired) electrons. The summed E-state index contributed by atoms with van der Waals surface area (Å²) < 4.78 is 0. The van der Waals surface area contributed by atoms with E-state index >= 15 is 0 Å². The lowest BCUT2D eigenvalue weighted by Gasteiger charge is -2.64. The standard InChI is InChI=1S/C35H57N/c1-27(2)13-9-14-28(3)15-10-16-29(4)17-11-18-30(5)19-12-20-31(6)36-35-23-32-21-33(7,25-35)24-34(8,22-32)26-35/h13,15,17,19,32H,9-12,14,16,18,20-26H2,1-8H3. The number of nitrogens with zero attached hydrogens (tertiary/aromatic N) is 1. The average molecular weight is 492 g/mol. The first-order chi connectivity index (χ1) is 16.9. The summed E-state index contributed by atoms with van der Waals surface area (Å²) in [5.74, 6) is 0.930. The van der Waals surface area contributed by atoms with E-state index in [0.717, 1.165) is 18.8 Å². The van der Waals surface area contributed by atoms with Crippen molar-refractivity contribution in [3.05, 3.63) is 46.6 Å². The van der Waals surface area contributed by atoms with Gasteiger partial charge in [-0.1, -0.05) is 60.4 Å². The molecular weight excluding hydrogens is 434 g/mol. The number of allylic oxidation sites excluding steroid dienone is 8. The highest BCUT2D eigenvalue weighted by Gasteiger charge is 2.60. The molecule has 4 aliphatic carbocycles. The average Bonchev–Trinajstić information content (AvgIpc) is 2.70. The van der Waals surface area contributed by atoms with Gasteiger partial charge in [0, 0.05) is 5.71 Å². The lowest BCUT2D eigenvalue weighted by molar-refractivity contribution is -0.104. The van der Waals surface area contributed by atoms with Gasteiger partial charge in [0.1, 0.15) is 0 Å². The lowest BCUT2D eigenvalue weighted by Crippen LogP contribution is -2.57. The fourth-order valence-electron chi connectivity index (χ4n) is 8.49. The van der Waals surface area contributed by atoms with Gasteiger partial charge < -0.3 is 0 Å². The van der Waals surface area contributed by atoms with Gasteiger partial charge in [-0.15, -0.1) is 0 Å². The summed E-state index contributed by atoms with van der Waals surface area (Å²) in [6, 6.07) is 0. The Morgan fingerprint density at radius 1 is 0.611 bits per heavy atom. The van der Waals surface area contributed by atoms with Crippen molar-refractivity contribution in [1.82, 2.24) is 0 Å². The molecule has 0 aromatic carbocycles. The molecule has 0 spiro atoms. The summed E-state index contributed by atoms with van der Waals surface area (Å²) in [5.41, 5.74) is 8.82. The van der Waals surface area contributed by atoms with Crippen LogP contribution in [-0.4, -0.2) is 11.3 Å². The van der Waals surface area contributed by atoms with Crippen LogP contribution in [0.4, 0.5) is 0 Å². The van der Waals surface area contributed by atoms with Crippen molar-refractivity contribution >= 4 is 5.71 Å². The molecule has 0 aromatic rings. The number of hydrogen-bond donors (Lipinski definition) is 0. The molecule has 2 atom stereocenters. The highest BCUT2D eigenvalue weighted by Crippen LogP contribution is 2.67. The van der Waals surface area contributed by atoms with Gasteiger partial charge in [0.05, 0.1) is 5.54 Å². The third kappa shape index (κ3) is 8.88. The molecule has 0 heterocycles. The van der Waals surface area contributed by atoms with Gasteiger partial charge in [-0.3, -0.25) is 4.99 Å². The van der Waals surface area contributed by atoms with Crippen LogP contribution in [0.1, 0.15) is 145 Å². The normalized spacial score (nSPS) is 32.8. The molecule has 1 heteroatoms. The van der Waals surface area contributed by atoms with Crippen molar-refractivity contribution in [3.63, 3.8) is 0 Å². The van der Waals surface area contributed by atoms with E-state index < -0.39 is 0 Å². The minimum atomic E-state index is 0.271. The Morgan fingerprint density at radius 3 is 1.50 bits per heavy atom. The summed E-state index contributed by atoms with van der Waals surface area (Å²) in [4.78, 5) is 5.48. The zero-order valence-electron chi connectivity index (χ0n) is 25.2. The van der Waals surface area contributed by atoms with E-state index in [1.54, 1.807) is 0 Å². The van der Waals surface area contributed by atoms with E-state index in [-0.39, 0.29) is 5.54 Å². The number of aliphatic imine (C=N–C) groups is 1. The highest BCUT2D eigenvalue weighted by atomic mass is 14.9. The van der Waals surface area contributed by atoms with Crippen molar-refractivity contribution in [2.45, 2.75) is 151 Å². The van der Waals surface area contributed by atoms with E-state index in [0.29, 0.717) is 10.8 Å². The van der Waals surface area contributed by atoms with Crippen LogP contribution in [-0.2, 0) is 0 Å². The molecule has 0 amide bonds. The molecule has 0 aromatic heterocycles. The van der Waals surface area contributed by atoms with Gasteiger partial charge in [0.15, 0.2) is 0 Å². The topological polar surface area (TPSA) is 12.4 Å². The van der Waals surface area contributed by atoms with E-state index in [1.165, 1.54) is 105 Å². The van der Waals surface area contributed by atoms with E-state index in [4.69, 9.17) is 4.99 Å². The second-order valence-electron chi connectivity index (χ2n) is 14.3. The molecule has 36 heavy (non-hydrogen) atoms. The van der Waals surface area contributed by atoms with Gasteiger partial charge in [-0.05, 0) is 148 Å². The van der Waals surface area contributed by atoms with Crippen LogP contribution in [0, 0.1) is 16.7 Å². The van der Waals surface area contributed by atoms with Gasteiger partial charge in [0.2, 0.25) is 0 Å². The van der Waals surface area contributed by atoms with Crippen LogP contribution in [0.2, 0.25) is 0 Å². The van der Waals surface area contributed by atoms with Crippen molar-refractivity contribution < 1.29 is 0 Å². The molecule has 4 fully saturated rings. The van der Waals surface area contributed by atoms with Crippen molar-refractivity contribution in [2.75, 3.05) is 0 Å². The maximum absolute atomic E-state index is 5.48. The molecule has 0 saturated heterocycles. The third-order valence-electron chi connectivity index (χ3n) is 9.18. The Kier molecular flexibility index (Phi) is 10.1. The molecule has 0 aliphatic heterocycles. The van der Waals surface area contributed by atoms with Crippen LogP contribution in [0.3, 0.4) is 0 Å². The quantitative estimate of drug-likeness (QED) is 0.179.